The minimum absolute atomic E-state index is 0.292. The molecule has 7 nitrogen and oxygen atoms in total. The SMILES string of the molecule is Nc1ccc(-c2nnn[nH]2)cc1NC[C@@H]1CCO1. The highest BCUT2D eigenvalue weighted by atomic mass is 16.5. The van der Waals surface area contributed by atoms with Crippen LogP contribution in [0.5, 0.6) is 0 Å². The second kappa shape index (κ2) is 4.61. The van der Waals surface area contributed by atoms with Gasteiger partial charge in [0.15, 0.2) is 5.82 Å². The number of hydrogen-bond acceptors (Lipinski definition) is 6. The Hall–Kier alpha value is -2.15. The summed E-state index contributed by atoms with van der Waals surface area (Å²) in [6.45, 7) is 1.62. The van der Waals surface area contributed by atoms with Crippen LogP contribution in [0.15, 0.2) is 18.2 Å². The Morgan fingerprint density at radius 2 is 2.39 bits per heavy atom. The lowest BCUT2D eigenvalue weighted by atomic mass is 10.1. The molecule has 0 spiro atoms. The summed E-state index contributed by atoms with van der Waals surface area (Å²) < 4.78 is 5.35. The molecule has 3 rings (SSSR count). The van der Waals surface area contributed by atoms with Crippen LogP contribution < -0.4 is 11.1 Å². The van der Waals surface area contributed by atoms with E-state index in [0.717, 1.165) is 30.8 Å². The van der Waals surface area contributed by atoms with Gasteiger partial charge in [0.1, 0.15) is 0 Å². The van der Waals surface area contributed by atoms with E-state index in [0.29, 0.717) is 17.6 Å². The maximum absolute atomic E-state index is 5.92. The molecule has 1 aromatic carbocycles. The second-order valence-corrected chi connectivity index (χ2v) is 4.21. The zero-order chi connectivity index (χ0) is 12.4. The van der Waals surface area contributed by atoms with Gasteiger partial charge in [-0.2, -0.15) is 0 Å². The van der Waals surface area contributed by atoms with E-state index in [1.165, 1.54) is 0 Å². The molecule has 1 fully saturated rings. The Morgan fingerprint density at radius 3 is 3.06 bits per heavy atom. The van der Waals surface area contributed by atoms with E-state index < -0.39 is 0 Å². The summed E-state index contributed by atoms with van der Waals surface area (Å²) in [6.07, 6.45) is 1.39. The first kappa shape index (κ1) is 11.0. The number of H-pyrrole nitrogens is 1. The number of anilines is 2. The molecule has 1 saturated heterocycles. The minimum Gasteiger partial charge on any atom is -0.397 e. The third kappa shape index (κ3) is 2.12. The van der Waals surface area contributed by atoms with Crippen LogP contribution in [-0.2, 0) is 4.74 Å². The summed E-state index contributed by atoms with van der Waals surface area (Å²) in [4.78, 5) is 0. The molecule has 1 aliphatic heterocycles. The van der Waals surface area contributed by atoms with Gasteiger partial charge in [-0.15, -0.1) is 5.10 Å². The molecular formula is C11H14N6O. The van der Waals surface area contributed by atoms with Crippen molar-refractivity contribution in [2.75, 3.05) is 24.2 Å². The first-order chi connectivity index (χ1) is 8.83. The Kier molecular flexibility index (Phi) is 2.81. The van der Waals surface area contributed by atoms with Gasteiger partial charge in [-0.25, -0.2) is 5.10 Å². The molecule has 94 valence electrons. The lowest BCUT2D eigenvalue weighted by Crippen LogP contribution is -2.33. The van der Waals surface area contributed by atoms with Gasteiger partial charge in [-0.3, -0.25) is 0 Å². The topological polar surface area (TPSA) is 102 Å². The summed E-state index contributed by atoms with van der Waals surface area (Å²) in [6, 6.07) is 5.64. The van der Waals surface area contributed by atoms with E-state index in [9.17, 15) is 0 Å². The highest BCUT2D eigenvalue weighted by Crippen LogP contribution is 2.25. The van der Waals surface area contributed by atoms with Crippen molar-refractivity contribution in [3.05, 3.63) is 18.2 Å². The fourth-order valence-corrected chi connectivity index (χ4v) is 1.81. The average molecular weight is 246 g/mol. The molecular weight excluding hydrogens is 232 g/mol. The normalized spacial score (nSPS) is 18.3. The second-order valence-electron chi connectivity index (χ2n) is 4.21. The number of aromatic amines is 1. The average Bonchev–Trinajstić information content (AvgIpc) is 2.83. The van der Waals surface area contributed by atoms with Gasteiger partial charge >= 0.3 is 0 Å². The summed E-state index contributed by atoms with van der Waals surface area (Å²) in [7, 11) is 0. The van der Waals surface area contributed by atoms with Gasteiger partial charge in [0.2, 0.25) is 0 Å². The van der Waals surface area contributed by atoms with Crippen LogP contribution in [0.3, 0.4) is 0 Å². The molecule has 0 aliphatic carbocycles. The predicted octanol–water partition coefficient (Wildman–Crippen LogP) is 0.650. The van der Waals surface area contributed by atoms with Crippen molar-refractivity contribution < 1.29 is 4.74 Å². The molecule has 7 heteroatoms. The molecule has 2 heterocycles. The van der Waals surface area contributed by atoms with E-state index >= 15 is 0 Å². The third-order valence-electron chi connectivity index (χ3n) is 2.99. The van der Waals surface area contributed by atoms with E-state index in [1.807, 2.05) is 18.2 Å². The Morgan fingerprint density at radius 1 is 1.50 bits per heavy atom. The van der Waals surface area contributed by atoms with Gasteiger partial charge in [0.05, 0.1) is 17.5 Å². The summed E-state index contributed by atoms with van der Waals surface area (Å²) >= 11 is 0. The van der Waals surface area contributed by atoms with E-state index in [2.05, 4.69) is 25.9 Å². The number of nitrogen functional groups attached to an aromatic ring is 1. The Balaban J connectivity index is 1.77. The van der Waals surface area contributed by atoms with Crippen LogP contribution in [-0.4, -0.2) is 39.9 Å². The van der Waals surface area contributed by atoms with E-state index in [4.69, 9.17) is 10.5 Å². The maximum Gasteiger partial charge on any atom is 0.179 e. The van der Waals surface area contributed by atoms with Gasteiger partial charge in [-0.1, -0.05) is 0 Å². The van der Waals surface area contributed by atoms with Crippen LogP contribution in [0.25, 0.3) is 11.4 Å². The number of hydrogen-bond donors (Lipinski definition) is 3. The monoisotopic (exact) mass is 246 g/mol. The molecule has 0 amide bonds. The number of ether oxygens (including phenoxy) is 1. The number of tetrazole rings is 1. The van der Waals surface area contributed by atoms with Crippen LogP contribution in [0, 0.1) is 0 Å². The van der Waals surface area contributed by atoms with Gasteiger partial charge in [0, 0.05) is 18.7 Å². The summed E-state index contributed by atoms with van der Waals surface area (Å²) in [5.74, 6) is 0.623. The van der Waals surface area contributed by atoms with Gasteiger partial charge in [0.25, 0.3) is 0 Å². The molecule has 4 N–H and O–H groups in total. The molecule has 18 heavy (non-hydrogen) atoms. The van der Waals surface area contributed by atoms with Crippen molar-refractivity contribution in [3.63, 3.8) is 0 Å². The first-order valence-corrected chi connectivity index (χ1v) is 5.82. The highest BCUT2D eigenvalue weighted by molar-refractivity contribution is 5.73. The van der Waals surface area contributed by atoms with Crippen LogP contribution in [0.4, 0.5) is 11.4 Å². The van der Waals surface area contributed by atoms with Crippen molar-refractivity contribution in [2.45, 2.75) is 12.5 Å². The zero-order valence-electron chi connectivity index (χ0n) is 9.76. The molecule has 1 aliphatic rings. The maximum atomic E-state index is 5.92. The first-order valence-electron chi connectivity index (χ1n) is 5.82. The molecule has 1 atom stereocenters. The minimum atomic E-state index is 0.292. The number of rotatable bonds is 4. The molecule has 2 aromatic rings. The smallest absolute Gasteiger partial charge is 0.179 e. The van der Waals surface area contributed by atoms with E-state index in [-0.39, 0.29) is 0 Å². The fourth-order valence-electron chi connectivity index (χ4n) is 1.81. The van der Waals surface area contributed by atoms with Crippen LogP contribution >= 0.6 is 0 Å². The number of aromatic nitrogens is 4. The van der Waals surface area contributed by atoms with Gasteiger partial charge in [-0.05, 0) is 35.0 Å². The number of nitrogens with two attached hydrogens (primary N) is 1. The van der Waals surface area contributed by atoms with Crippen molar-refractivity contribution in [1.82, 2.24) is 20.6 Å². The van der Waals surface area contributed by atoms with Crippen molar-refractivity contribution >= 4 is 11.4 Å². The highest BCUT2D eigenvalue weighted by Gasteiger charge is 2.17. The van der Waals surface area contributed by atoms with Crippen molar-refractivity contribution in [2.24, 2.45) is 0 Å². The predicted molar refractivity (Wildman–Crippen MR) is 66.9 cm³/mol. The Labute approximate surface area is 104 Å². The van der Waals surface area contributed by atoms with Gasteiger partial charge < -0.3 is 15.8 Å². The largest absolute Gasteiger partial charge is 0.397 e. The number of nitrogens with zero attached hydrogens (tertiary/aromatic N) is 3. The van der Waals surface area contributed by atoms with Crippen LogP contribution in [0.1, 0.15) is 6.42 Å². The third-order valence-corrected chi connectivity index (χ3v) is 2.99. The molecule has 0 saturated carbocycles. The quantitative estimate of drug-likeness (QED) is 0.685. The van der Waals surface area contributed by atoms with Crippen molar-refractivity contribution in [3.8, 4) is 11.4 Å². The number of benzene rings is 1. The number of nitrogens with one attached hydrogen (secondary N) is 2. The van der Waals surface area contributed by atoms with Crippen LogP contribution in [0.2, 0.25) is 0 Å². The zero-order valence-corrected chi connectivity index (χ0v) is 9.76. The lowest BCUT2D eigenvalue weighted by molar-refractivity contribution is -0.0410. The molecule has 0 unspecified atom stereocenters. The fraction of sp³-hybridized carbons (Fsp3) is 0.364. The Bertz CT molecular complexity index is 522. The molecule has 0 bridgehead atoms. The molecule has 1 aromatic heterocycles. The molecule has 0 radical (unpaired) electrons. The van der Waals surface area contributed by atoms with E-state index in [1.54, 1.807) is 0 Å². The van der Waals surface area contributed by atoms with Crippen molar-refractivity contribution in [1.29, 1.82) is 0 Å². The lowest BCUT2D eigenvalue weighted by Gasteiger charge is -2.27. The standard InChI is InChI=1S/C11H14N6O/c12-9-2-1-7(11-14-16-17-15-11)5-10(9)13-6-8-3-4-18-8/h1-2,5,8,13H,3-4,6,12H2,(H,14,15,16,17)/t8-/m0/s1. The summed E-state index contributed by atoms with van der Waals surface area (Å²) in [5.41, 5.74) is 8.39. The summed E-state index contributed by atoms with van der Waals surface area (Å²) in [5, 5.41) is 17.0.